The number of ether oxygens (including phenoxy) is 3. The highest BCUT2D eigenvalue weighted by Crippen LogP contribution is 2.34. The lowest BCUT2D eigenvalue weighted by Crippen LogP contribution is -2.38. The van der Waals surface area contributed by atoms with Crippen molar-refractivity contribution in [2.75, 3.05) is 59.3 Å². The minimum absolute atomic E-state index is 0.0189. The zero-order valence-corrected chi connectivity index (χ0v) is 50.5. The number of ketones is 5. The van der Waals surface area contributed by atoms with Gasteiger partial charge in [-0.1, -0.05) is 123 Å². The Morgan fingerprint density at radius 1 is 0.622 bits per heavy atom. The summed E-state index contributed by atoms with van der Waals surface area (Å²) in [6.07, 6.45) is 34.0. The number of nitrogens with one attached hydrogen (secondary N) is 4. The van der Waals surface area contributed by atoms with Gasteiger partial charge in [-0.2, -0.15) is 0 Å². The highest BCUT2D eigenvalue weighted by atomic mass is 16.7. The van der Waals surface area contributed by atoms with E-state index in [4.69, 9.17) is 24.2 Å². The lowest BCUT2D eigenvalue weighted by Gasteiger charge is -2.28. The first-order valence-electron chi connectivity index (χ1n) is 31.3. The molecule has 470 valence electrons. The second-order valence-electron chi connectivity index (χ2n) is 22.1. The Hall–Kier alpha value is -4.76. The molecule has 2 rings (SSSR count). The zero-order valence-electron chi connectivity index (χ0n) is 50.5. The van der Waals surface area contributed by atoms with Crippen molar-refractivity contribution in [3.63, 3.8) is 0 Å². The average Bonchev–Trinajstić information content (AvgIpc) is 3.99. The predicted molar refractivity (Wildman–Crippen MR) is 314 cm³/mol. The first-order valence-corrected chi connectivity index (χ1v) is 31.3. The topological polar surface area (TPSA) is 296 Å². The summed E-state index contributed by atoms with van der Waals surface area (Å²) in [7, 11) is 0. The lowest BCUT2D eigenvalue weighted by atomic mass is 9.76. The molecule has 0 spiro atoms. The molecular formula is C62H107N5O15. The van der Waals surface area contributed by atoms with Gasteiger partial charge in [0, 0.05) is 69.3 Å². The van der Waals surface area contributed by atoms with Gasteiger partial charge in [-0.05, 0) is 77.0 Å². The second kappa shape index (κ2) is 51.8. The molecule has 1 aliphatic rings. The van der Waals surface area contributed by atoms with Gasteiger partial charge in [0.05, 0.1) is 57.9 Å². The number of hydrogen-bond donors (Lipinski definition) is 6. The number of carboxylic acid groups (broad SMARTS) is 2. The van der Waals surface area contributed by atoms with Gasteiger partial charge >= 0.3 is 11.9 Å². The van der Waals surface area contributed by atoms with Crippen LogP contribution in [0.3, 0.4) is 0 Å². The zero-order chi connectivity index (χ0) is 60.3. The van der Waals surface area contributed by atoms with Crippen LogP contribution in [0.1, 0.15) is 238 Å². The van der Waals surface area contributed by atoms with E-state index in [9.17, 15) is 48.3 Å². The van der Waals surface area contributed by atoms with Gasteiger partial charge in [0.2, 0.25) is 5.91 Å². The number of Topliss-reactive ketones (excluding diaryl/α,β-unsaturated/α-hetero) is 5. The fourth-order valence-corrected chi connectivity index (χ4v) is 9.74. The van der Waals surface area contributed by atoms with E-state index < -0.39 is 29.8 Å². The molecule has 0 aromatic carbocycles. The number of aromatic nitrogens is 2. The summed E-state index contributed by atoms with van der Waals surface area (Å²) in [6, 6.07) is -0.403. The van der Waals surface area contributed by atoms with Gasteiger partial charge in [0.25, 0.3) is 5.91 Å². The molecule has 20 heteroatoms. The Kier molecular flexibility index (Phi) is 47.6. The maximum absolute atomic E-state index is 12.8. The SMILES string of the molecule is CCC(=O)CCC1CCC(C(=O)C[C@@H](CCC(=O)NCCOCCOCC(=O)NOCCOCC(=O)CCCCC[C@H](NCC(=O)CCc2cnc[nH]2)C(C)=O)C(=O)O)CC1.CCCCCCCCCCCCCCCCCCC(=O)O. The van der Waals surface area contributed by atoms with Crippen LogP contribution in [0.15, 0.2) is 12.5 Å². The molecule has 6 N–H and O–H groups in total. The van der Waals surface area contributed by atoms with E-state index in [0.717, 1.165) is 50.6 Å². The van der Waals surface area contributed by atoms with E-state index in [-0.39, 0.29) is 119 Å². The third-order valence-electron chi connectivity index (χ3n) is 15.0. The third-order valence-corrected chi connectivity index (χ3v) is 15.0. The van der Waals surface area contributed by atoms with E-state index >= 15 is 0 Å². The minimum Gasteiger partial charge on any atom is -0.481 e. The number of aryl methyl sites for hydroxylation is 1. The van der Waals surface area contributed by atoms with Crippen molar-refractivity contribution >= 4 is 52.7 Å². The molecule has 1 saturated carbocycles. The molecule has 2 atom stereocenters. The maximum atomic E-state index is 12.8. The van der Waals surface area contributed by atoms with Crippen molar-refractivity contribution in [1.29, 1.82) is 0 Å². The van der Waals surface area contributed by atoms with Gasteiger partial charge < -0.3 is 40.0 Å². The average molecular weight is 1160 g/mol. The monoisotopic (exact) mass is 1160 g/mol. The number of rotatable bonds is 55. The summed E-state index contributed by atoms with van der Waals surface area (Å²) >= 11 is 0. The van der Waals surface area contributed by atoms with Crippen LogP contribution in [0.2, 0.25) is 0 Å². The smallest absolute Gasteiger partial charge is 0.306 e. The molecule has 1 heterocycles. The summed E-state index contributed by atoms with van der Waals surface area (Å²) < 4.78 is 15.9. The molecule has 1 fully saturated rings. The van der Waals surface area contributed by atoms with Crippen molar-refractivity contribution in [2.45, 2.75) is 245 Å². The number of nitrogens with zero attached hydrogens (tertiary/aromatic N) is 1. The number of aliphatic carboxylic acids is 2. The summed E-state index contributed by atoms with van der Waals surface area (Å²) in [6.45, 7) is 6.18. The Morgan fingerprint density at radius 3 is 1.82 bits per heavy atom. The van der Waals surface area contributed by atoms with Crippen LogP contribution in [0.5, 0.6) is 0 Å². The van der Waals surface area contributed by atoms with Crippen LogP contribution < -0.4 is 16.1 Å². The number of imidazole rings is 1. The number of carbonyl (C=O) groups is 9. The van der Waals surface area contributed by atoms with Gasteiger partial charge in [-0.15, -0.1) is 0 Å². The van der Waals surface area contributed by atoms with Crippen LogP contribution in [0.25, 0.3) is 0 Å². The van der Waals surface area contributed by atoms with E-state index in [1.165, 1.54) is 96.8 Å². The molecule has 0 unspecified atom stereocenters. The molecular weight excluding hydrogens is 1050 g/mol. The van der Waals surface area contributed by atoms with Gasteiger partial charge in [0.15, 0.2) is 5.78 Å². The first-order chi connectivity index (χ1) is 39.6. The number of carboxylic acids is 2. The van der Waals surface area contributed by atoms with E-state index in [2.05, 4.69) is 33.0 Å². The Balaban J connectivity index is 0.00000134. The van der Waals surface area contributed by atoms with Crippen LogP contribution >= 0.6 is 0 Å². The van der Waals surface area contributed by atoms with Crippen molar-refractivity contribution in [1.82, 2.24) is 26.1 Å². The normalized spacial score (nSPS) is 14.7. The molecule has 82 heavy (non-hydrogen) atoms. The fourth-order valence-electron chi connectivity index (χ4n) is 9.74. The standard InChI is InChI=1S/C43H69N5O13.C19H38O2/c1-3-36(50)16-11-32-9-12-33(13-10-32)40(53)25-34(43(56)57)14-18-41(54)45-19-20-58-21-22-60-29-42(55)48-61-24-23-59-28-38(52)7-5-4-6-8-39(31(2)49)46-27-37(51)17-15-35-26-44-30-47-35;1-2-3-4-5-6-7-8-9-10-11-12-13-14-15-16-17-18-19(20)21/h26,30,32-34,39,46H,3-25,27-29H2,1-2H3,(H,44,47)(H,45,54)(H,48,55)(H,56,57);2-18H2,1H3,(H,20,21)/t32?,33?,34-,39+;/m1./s1. The summed E-state index contributed by atoms with van der Waals surface area (Å²) in [5.74, 6) is -3.15. The highest BCUT2D eigenvalue weighted by Gasteiger charge is 2.30. The Labute approximate surface area is 489 Å². The summed E-state index contributed by atoms with van der Waals surface area (Å²) in [4.78, 5) is 119. The van der Waals surface area contributed by atoms with Crippen LogP contribution in [0, 0.1) is 17.8 Å². The van der Waals surface area contributed by atoms with E-state index in [1.54, 1.807) is 12.5 Å². The van der Waals surface area contributed by atoms with Crippen LogP contribution in [-0.4, -0.2) is 138 Å². The van der Waals surface area contributed by atoms with Crippen LogP contribution in [0.4, 0.5) is 0 Å². The molecule has 0 saturated heterocycles. The first kappa shape index (κ1) is 75.3. The molecule has 1 aromatic rings. The third kappa shape index (κ3) is 44.8. The van der Waals surface area contributed by atoms with Gasteiger partial charge in [-0.3, -0.25) is 48.0 Å². The summed E-state index contributed by atoms with van der Waals surface area (Å²) in [5, 5.41) is 23.9. The van der Waals surface area contributed by atoms with E-state index in [1.807, 2.05) is 6.92 Å². The maximum Gasteiger partial charge on any atom is 0.306 e. The van der Waals surface area contributed by atoms with Crippen molar-refractivity contribution < 1.29 is 72.4 Å². The molecule has 0 bridgehead atoms. The predicted octanol–water partition coefficient (Wildman–Crippen LogP) is 9.92. The number of carbonyl (C=O) groups excluding carboxylic acids is 7. The second-order valence-corrected chi connectivity index (χ2v) is 22.1. The number of hydrogen-bond acceptors (Lipinski definition) is 15. The van der Waals surface area contributed by atoms with E-state index in [0.29, 0.717) is 70.1 Å². The Bertz CT molecular complexity index is 1870. The lowest BCUT2D eigenvalue weighted by molar-refractivity contribution is -0.145. The number of aromatic amines is 1. The summed E-state index contributed by atoms with van der Waals surface area (Å²) in [5.41, 5.74) is 3.10. The number of hydroxylamine groups is 1. The minimum atomic E-state index is -1.09. The number of H-pyrrole nitrogens is 1. The molecule has 1 aromatic heterocycles. The largest absolute Gasteiger partial charge is 0.481 e. The quantitative estimate of drug-likeness (QED) is 0.0261. The van der Waals surface area contributed by atoms with Crippen molar-refractivity contribution in [2.24, 2.45) is 17.8 Å². The van der Waals surface area contributed by atoms with Gasteiger partial charge in [0.1, 0.15) is 36.3 Å². The number of unbranched alkanes of at least 4 members (excludes halogenated alkanes) is 17. The number of amides is 2. The molecule has 20 nitrogen and oxygen atoms in total. The molecule has 0 aliphatic heterocycles. The van der Waals surface area contributed by atoms with Crippen LogP contribution in [-0.2, 0) is 68.6 Å². The fraction of sp³-hybridized carbons (Fsp3) is 0.806. The molecule has 2 amide bonds. The highest BCUT2D eigenvalue weighted by molar-refractivity contribution is 5.86. The van der Waals surface area contributed by atoms with Crippen molar-refractivity contribution in [3.8, 4) is 0 Å². The van der Waals surface area contributed by atoms with Crippen molar-refractivity contribution in [3.05, 3.63) is 18.2 Å². The molecule has 0 radical (unpaired) electrons. The van der Waals surface area contributed by atoms with Gasteiger partial charge in [-0.25, -0.2) is 10.5 Å². The Morgan fingerprint density at radius 2 is 1.22 bits per heavy atom. The molecule has 1 aliphatic carbocycles.